The molecule has 0 radical (unpaired) electrons. The minimum absolute atomic E-state index is 0.273. The lowest BCUT2D eigenvalue weighted by atomic mass is 9.85. The molecule has 5 nitrogen and oxygen atoms in total. The first-order chi connectivity index (χ1) is 16.4. The second-order valence-corrected chi connectivity index (χ2v) is 10.6. The number of thiophene rings is 1. The third-order valence-electron chi connectivity index (χ3n) is 6.52. The number of primary amides is 1. The summed E-state index contributed by atoms with van der Waals surface area (Å²) in [6.45, 7) is 2.19. The van der Waals surface area contributed by atoms with Gasteiger partial charge in [0, 0.05) is 20.3 Å². The van der Waals surface area contributed by atoms with Gasteiger partial charge in [-0.05, 0) is 55.0 Å². The molecular weight excluding hydrogens is 510 g/mol. The van der Waals surface area contributed by atoms with Crippen molar-refractivity contribution in [2.75, 3.05) is 5.32 Å². The van der Waals surface area contributed by atoms with E-state index in [2.05, 4.69) is 28.2 Å². The number of nitrogens with two attached hydrogens (primary N) is 1. The summed E-state index contributed by atoms with van der Waals surface area (Å²) >= 11 is 4.95. The maximum Gasteiger partial charge on any atom is 0.257 e. The molecule has 0 unspecified atom stereocenters. The number of halogens is 1. The van der Waals surface area contributed by atoms with Gasteiger partial charge in [0.25, 0.3) is 11.8 Å². The number of pyridine rings is 1. The van der Waals surface area contributed by atoms with Crippen LogP contribution in [0.4, 0.5) is 5.00 Å². The first-order valence-electron chi connectivity index (χ1n) is 11.4. The van der Waals surface area contributed by atoms with Crippen LogP contribution >= 0.6 is 27.3 Å². The Morgan fingerprint density at radius 1 is 1.18 bits per heavy atom. The molecule has 0 saturated heterocycles. The molecule has 0 fully saturated rings. The van der Waals surface area contributed by atoms with Crippen molar-refractivity contribution >= 4 is 55.0 Å². The predicted octanol–water partition coefficient (Wildman–Crippen LogP) is 6.59. The lowest BCUT2D eigenvalue weighted by Gasteiger charge is -2.20. The van der Waals surface area contributed by atoms with Crippen LogP contribution in [0.15, 0.2) is 59.1 Å². The number of carbonyl (C=O) groups is 2. The van der Waals surface area contributed by atoms with Gasteiger partial charge in [-0.25, -0.2) is 4.98 Å². The van der Waals surface area contributed by atoms with Gasteiger partial charge in [0.15, 0.2) is 0 Å². The highest BCUT2D eigenvalue weighted by atomic mass is 79.9. The molecule has 2 aromatic heterocycles. The summed E-state index contributed by atoms with van der Waals surface area (Å²) in [6, 6.07) is 17.2. The van der Waals surface area contributed by atoms with Crippen LogP contribution in [0.3, 0.4) is 0 Å². The van der Waals surface area contributed by atoms with E-state index in [9.17, 15) is 9.59 Å². The van der Waals surface area contributed by atoms with Crippen LogP contribution in [0.2, 0.25) is 0 Å². The molecule has 2 heterocycles. The first-order valence-corrected chi connectivity index (χ1v) is 13.0. The maximum atomic E-state index is 13.6. The Hall–Kier alpha value is -3.03. The normalized spacial score (nSPS) is 15.2. The summed E-state index contributed by atoms with van der Waals surface area (Å²) in [5.41, 5.74) is 10.1. The number of hydrogen-bond acceptors (Lipinski definition) is 4. The fraction of sp³-hybridized carbons (Fsp3) is 0.222. The van der Waals surface area contributed by atoms with Crippen molar-refractivity contribution in [3.05, 3.63) is 80.6 Å². The number of nitrogens with one attached hydrogen (secondary N) is 1. The Kier molecular flexibility index (Phi) is 6.23. The Labute approximate surface area is 210 Å². The second-order valence-electron chi connectivity index (χ2n) is 8.62. The Bertz CT molecular complexity index is 1410. The summed E-state index contributed by atoms with van der Waals surface area (Å²) in [6.07, 6.45) is 3.90. The molecule has 1 aliphatic rings. The predicted molar refractivity (Wildman–Crippen MR) is 141 cm³/mol. The molecule has 7 heteroatoms. The van der Waals surface area contributed by atoms with Crippen molar-refractivity contribution in [2.24, 2.45) is 11.7 Å². The van der Waals surface area contributed by atoms with E-state index in [1.54, 1.807) is 0 Å². The minimum atomic E-state index is -0.488. The van der Waals surface area contributed by atoms with Gasteiger partial charge in [-0.1, -0.05) is 59.6 Å². The number of benzene rings is 2. The minimum Gasteiger partial charge on any atom is -0.365 e. The van der Waals surface area contributed by atoms with E-state index in [1.165, 1.54) is 11.3 Å². The van der Waals surface area contributed by atoms with E-state index in [1.807, 2.05) is 54.6 Å². The highest BCUT2D eigenvalue weighted by Crippen LogP contribution is 2.40. The molecule has 2 amide bonds. The van der Waals surface area contributed by atoms with E-state index in [4.69, 9.17) is 10.7 Å². The lowest BCUT2D eigenvalue weighted by molar-refractivity contribution is 0.1000. The van der Waals surface area contributed by atoms with E-state index in [0.29, 0.717) is 27.7 Å². The number of para-hydroxylation sites is 1. The number of amides is 2. The molecule has 0 aliphatic heterocycles. The van der Waals surface area contributed by atoms with Gasteiger partial charge in [0.2, 0.25) is 0 Å². The molecule has 3 N–H and O–H groups in total. The summed E-state index contributed by atoms with van der Waals surface area (Å²) in [5.74, 6) is -0.156. The van der Waals surface area contributed by atoms with Gasteiger partial charge < -0.3 is 11.1 Å². The van der Waals surface area contributed by atoms with Crippen LogP contribution in [0.5, 0.6) is 0 Å². The number of anilines is 1. The van der Waals surface area contributed by atoms with Gasteiger partial charge >= 0.3 is 0 Å². The van der Waals surface area contributed by atoms with E-state index < -0.39 is 5.91 Å². The number of nitrogens with zero attached hydrogens (tertiary/aromatic N) is 1. The Morgan fingerprint density at radius 3 is 2.68 bits per heavy atom. The molecule has 2 aromatic carbocycles. The molecule has 172 valence electrons. The van der Waals surface area contributed by atoms with Crippen molar-refractivity contribution in [3.8, 4) is 11.3 Å². The van der Waals surface area contributed by atoms with E-state index in [-0.39, 0.29) is 5.91 Å². The van der Waals surface area contributed by atoms with Gasteiger partial charge in [0.1, 0.15) is 5.00 Å². The van der Waals surface area contributed by atoms with Crippen LogP contribution in [0.25, 0.3) is 22.2 Å². The molecule has 5 rings (SSSR count). The number of rotatable bonds is 5. The second kappa shape index (κ2) is 9.31. The van der Waals surface area contributed by atoms with Crippen LogP contribution in [-0.2, 0) is 12.8 Å². The largest absolute Gasteiger partial charge is 0.365 e. The fourth-order valence-electron chi connectivity index (χ4n) is 4.65. The SMILES string of the molecule is CC[C@H]1CCc2c(sc(NC(=O)c3cc(-c4ccc(Br)cc4)nc4ccccc34)c2C(N)=O)C1. The smallest absolute Gasteiger partial charge is 0.257 e. The highest BCUT2D eigenvalue weighted by molar-refractivity contribution is 9.10. The van der Waals surface area contributed by atoms with Crippen molar-refractivity contribution in [3.63, 3.8) is 0 Å². The van der Waals surface area contributed by atoms with Gasteiger partial charge in [0.05, 0.1) is 22.3 Å². The number of carbonyl (C=O) groups excluding carboxylic acids is 2. The van der Waals surface area contributed by atoms with Crippen LogP contribution < -0.4 is 11.1 Å². The zero-order valence-electron chi connectivity index (χ0n) is 18.7. The van der Waals surface area contributed by atoms with Crippen molar-refractivity contribution in [1.82, 2.24) is 4.98 Å². The van der Waals surface area contributed by atoms with Gasteiger partial charge in [-0.2, -0.15) is 0 Å². The standard InChI is InChI=1S/C27H24BrN3O2S/c1-2-15-7-12-19-23(13-15)34-27(24(19)25(29)32)31-26(33)20-14-22(16-8-10-17(28)11-9-16)30-21-6-4-3-5-18(20)21/h3-6,8-11,14-15H,2,7,12-13H2,1H3,(H2,29,32)(H,31,33)/t15-/m0/s1. The summed E-state index contributed by atoms with van der Waals surface area (Å²) < 4.78 is 0.973. The summed E-state index contributed by atoms with van der Waals surface area (Å²) in [7, 11) is 0. The number of fused-ring (bicyclic) bond motifs is 2. The average molecular weight is 534 g/mol. The van der Waals surface area contributed by atoms with Crippen molar-refractivity contribution < 1.29 is 9.59 Å². The van der Waals surface area contributed by atoms with Crippen LogP contribution in [0, 0.1) is 5.92 Å². The average Bonchev–Trinajstić information content (AvgIpc) is 3.20. The Balaban J connectivity index is 1.56. The molecular formula is C27H24BrN3O2S. The summed E-state index contributed by atoms with van der Waals surface area (Å²) in [5, 5.41) is 4.33. The fourth-order valence-corrected chi connectivity index (χ4v) is 6.28. The lowest BCUT2D eigenvalue weighted by Crippen LogP contribution is -2.20. The van der Waals surface area contributed by atoms with Crippen LogP contribution in [0.1, 0.15) is 50.9 Å². The topological polar surface area (TPSA) is 85.1 Å². The molecule has 1 atom stereocenters. The number of aromatic nitrogens is 1. The third kappa shape index (κ3) is 4.26. The molecule has 0 spiro atoms. The van der Waals surface area contributed by atoms with Crippen molar-refractivity contribution in [2.45, 2.75) is 32.6 Å². The quantitative estimate of drug-likeness (QED) is 0.303. The zero-order chi connectivity index (χ0) is 23.8. The maximum absolute atomic E-state index is 13.6. The molecule has 34 heavy (non-hydrogen) atoms. The monoisotopic (exact) mass is 533 g/mol. The zero-order valence-corrected chi connectivity index (χ0v) is 21.1. The molecule has 4 aromatic rings. The molecule has 0 bridgehead atoms. The Morgan fingerprint density at radius 2 is 1.94 bits per heavy atom. The third-order valence-corrected chi connectivity index (χ3v) is 8.22. The van der Waals surface area contributed by atoms with E-state index in [0.717, 1.165) is 57.1 Å². The first kappa shape index (κ1) is 22.7. The van der Waals surface area contributed by atoms with Crippen molar-refractivity contribution in [1.29, 1.82) is 0 Å². The van der Waals surface area contributed by atoms with Gasteiger partial charge in [-0.15, -0.1) is 11.3 Å². The summed E-state index contributed by atoms with van der Waals surface area (Å²) in [4.78, 5) is 31.9. The number of hydrogen-bond donors (Lipinski definition) is 2. The van der Waals surface area contributed by atoms with Gasteiger partial charge in [-0.3, -0.25) is 9.59 Å². The highest BCUT2D eigenvalue weighted by Gasteiger charge is 2.28. The molecule has 1 aliphatic carbocycles. The molecule has 0 saturated carbocycles. The van der Waals surface area contributed by atoms with E-state index >= 15 is 0 Å². The van der Waals surface area contributed by atoms with Crippen LogP contribution in [-0.4, -0.2) is 16.8 Å².